The number of nitriles is 1. The van der Waals surface area contributed by atoms with Gasteiger partial charge < -0.3 is 9.80 Å². The van der Waals surface area contributed by atoms with Crippen molar-refractivity contribution in [1.82, 2.24) is 9.88 Å². The predicted octanol–water partition coefficient (Wildman–Crippen LogP) is 1.57. The van der Waals surface area contributed by atoms with Crippen molar-refractivity contribution in [3.63, 3.8) is 0 Å². The number of nitrogens with zero attached hydrogens (tertiary/aromatic N) is 4. The number of likely N-dealkylation sites (N-methyl/N-ethyl adjacent to an activating group) is 2. The fourth-order valence-corrected chi connectivity index (χ4v) is 1.93. The highest BCUT2D eigenvalue weighted by molar-refractivity contribution is 5.81. The molecule has 5 heteroatoms. The number of carbonyl (C=O) groups excluding carboxylic acids is 1. The van der Waals surface area contributed by atoms with Gasteiger partial charge in [0.05, 0.1) is 12.1 Å². The van der Waals surface area contributed by atoms with Gasteiger partial charge in [0.25, 0.3) is 0 Å². The summed E-state index contributed by atoms with van der Waals surface area (Å²) in [5.74, 6) is 0.600. The maximum absolute atomic E-state index is 12.0. The molecule has 0 saturated carbocycles. The van der Waals surface area contributed by atoms with E-state index in [4.69, 9.17) is 0 Å². The highest BCUT2D eigenvalue weighted by Gasteiger charge is 2.16. The van der Waals surface area contributed by atoms with E-state index < -0.39 is 0 Å². The third-order valence-electron chi connectivity index (χ3n) is 3.10. The van der Waals surface area contributed by atoms with Gasteiger partial charge in [-0.3, -0.25) is 4.79 Å². The standard InChI is InChI=1S/C14H20N4O/c1-5-18(6-2)13(19)10-17(4)14-12(9-15)11(3)7-8-16-14/h7-8H,5-6,10H2,1-4H3. The van der Waals surface area contributed by atoms with Crippen LogP contribution in [-0.2, 0) is 4.79 Å². The number of rotatable bonds is 5. The molecule has 0 aliphatic carbocycles. The Kier molecular flexibility index (Phi) is 5.31. The lowest BCUT2D eigenvalue weighted by Crippen LogP contribution is -2.39. The summed E-state index contributed by atoms with van der Waals surface area (Å²) in [6.45, 7) is 7.38. The summed E-state index contributed by atoms with van der Waals surface area (Å²) >= 11 is 0. The summed E-state index contributed by atoms with van der Waals surface area (Å²) in [6, 6.07) is 3.94. The lowest BCUT2D eigenvalue weighted by atomic mass is 10.1. The molecule has 0 aliphatic rings. The first-order valence-electron chi connectivity index (χ1n) is 6.39. The molecule has 0 saturated heterocycles. The van der Waals surface area contributed by atoms with Crippen LogP contribution in [0.1, 0.15) is 25.0 Å². The Morgan fingerprint density at radius 3 is 2.58 bits per heavy atom. The minimum absolute atomic E-state index is 0.0414. The molecular weight excluding hydrogens is 240 g/mol. The Bertz CT molecular complexity index is 489. The maximum Gasteiger partial charge on any atom is 0.242 e. The van der Waals surface area contributed by atoms with Crippen molar-refractivity contribution in [2.24, 2.45) is 0 Å². The van der Waals surface area contributed by atoms with Gasteiger partial charge in [-0.15, -0.1) is 0 Å². The number of hydrogen-bond donors (Lipinski definition) is 0. The second kappa shape index (κ2) is 6.74. The first-order valence-corrected chi connectivity index (χ1v) is 6.39. The lowest BCUT2D eigenvalue weighted by molar-refractivity contribution is -0.129. The van der Waals surface area contributed by atoms with Crippen LogP contribution in [-0.4, -0.2) is 42.5 Å². The first-order chi connectivity index (χ1) is 9.04. The van der Waals surface area contributed by atoms with Gasteiger partial charge in [-0.25, -0.2) is 4.98 Å². The molecule has 5 nitrogen and oxygen atoms in total. The topological polar surface area (TPSA) is 60.2 Å². The van der Waals surface area contributed by atoms with Crippen LogP contribution >= 0.6 is 0 Å². The zero-order valence-corrected chi connectivity index (χ0v) is 12.0. The predicted molar refractivity (Wildman–Crippen MR) is 74.9 cm³/mol. The second-order valence-electron chi connectivity index (χ2n) is 4.36. The average molecular weight is 260 g/mol. The van der Waals surface area contributed by atoms with Gasteiger partial charge in [-0.05, 0) is 32.4 Å². The molecule has 1 aromatic heterocycles. The molecule has 1 amide bonds. The molecule has 0 spiro atoms. The van der Waals surface area contributed by atoms with Crippen LogP contribution in [0.5, 0.6) is 0 Å². The van der Waals surface area contributed by atoms with Gasteiger partial charge in [-0.1, -0.05) is 0 Å². The van der Waals surface area contributed by atoms with Gasteiger partial charge in [0.15, 0.2) is 0 Å². The summed E-state index contributed by atoms with van der Waals surface area (Å²) in [4.78, 5) is 19.7. The van der Waals surface area contributed by atoms with E-state index >= 15 is 0 Å². The number of amides is 1. The Morgan fingerprint density at radius 2 is 2.05 bits per heavy atom. The number of carbonyl (C=O) groups is 1. The molecule has 1 heterocycles. The number of pyridine rings is 1. The summed E-state index contributed by atoms with van der Waals surface area (Å²) in [7, 11) is 1.78. The third-order valence-corrected chi connectivity index (χ3v) is 3.10. The Morgan fingerprint density at radius 1 is 1.42 bits per heavy atom. The molecule has 0 unspecified atom stereocenters. The molecule has 1 aromatic rings. The molecule has 0 aromatic carbocycles. The molecular formula is C14H20N4O. The molecule has 1 rings (SSSR count). The minimum Gasteiger partial charge on any atom is -0.349 e. The zero-order chi connectivity index (χ0) is 14.4. The molecule has 102 valence electrons. The van der Waals surface area contributed by atoms with Crippen LogP contribution in [0.2, 0.25) is 0 Å². The highest BCUT2D eigenvalue weighted by atomic mass is 16.2. The Balaban J connectivity index is 2.91. The average Bonchev–Trinajstić information content (AvgIpc) is 2.39. The van der Waals surface area contributed by atoms with Crippen molar-refractivity contribution in [3.05, 3.63) is 23.4 Å². The van der Waals surface area contributed by atoms with E-state index in [-0.39, 0.29) is 12.5 Å². The van der Waals surface area contributed by atoms with Gasteiger partial charge >= 0.3 is 0 Å². The van der Waals surface area contributed by atoms with Gasteiger partial charge in [0.2, 0.25) is 5.91 Å². The number of anilines is 1. The van der Waals surface area contributed by atoms with Gasteiger partial charge in [0, 0.05) is 26.3 Å². The fraction of sp³-hybridized carbons (Fsp3) is 0.500. The Hall–Kier alpha value is -2.09. The molecule has 0 N–H and O–H groups in total. The summed E-state index contributed by atoms with van der Waals surface area (Å²) in [5.41, 5.74) is 1.40. The smallest absolute Gasteiger partial charge is 0.242 e. The lowest BCUT2D eigenvalue weighted by Gasteiger charge is -2.24. The van der Waals surface area contributed by atoms with Crippen molar-refractivity contribution in [2.75, 3.05) is 31.6 Å². The normalized spacial score (nSPS) is 9.84. The molecule has 0 fully saturated rings. The molecule has 0 aliphatic heterocycles. The Labute approximate surface area is 114 Å². The number of aryl methyl sites for hydroxylation is 1. The van der Waals surface area contributed by atoms with Crippen molar-refractivity contribution in [2.45, 2.75) is 20.8 Å². The van der Waals surface area contributed by atoms with Crippen LogP contribution in [0.25, 0.3) is 0 Å². The summed E-state index contributed by atoms with van der Waals surface area (Å²) in [6.07, 6.45) is 1.66. The third kappa shape index (κ3) is 3.44. The number of hydrogen-bond acceptors (Lipinski definition) is 4. The van der Waals surface area contributed by atoms with Crippen molar-refractivity contribution in [3.8, 4) is 6.07 Å². The van der Waals surface area contributed by atoms with E-state index in [1.54, 1.807) is 29.1 Å². The number of aromatic nitrogens is 1. The SMILES string of the molecule is CCN(CC)C(=O)CN(C)c1nccc(C)c1C#N. The quantitative estimate of drug-likeness (QED) is 0.806. The summed E-state index contributed by atoms with van der Waals surface area (Å²) < 4.78 is 0. The van der Waals surface area contributed by atoms with Gasteiger partial charge in [-0.2, -0.15) is 5.26 Å². The van der Waals surface area contributed by atoms with Crippen LogP contribution in [0.15, 0.2) is 12.3 Å². The highest BCUT2D eigenvalue weighted by Crippen LogP contribution is 2.18. The van der Waals surface area contributed by atoms with Crippen LogP contribution in [0.3, 0.4) is 0 Å². The molecule has 19 heavy (non-hydrogen) atoms. The van der Waals surface area contributed by atoms with Crippen molar-refractivity contribution in [1.29, 1.82) is 5.26 Å². The molecule has 0 atom stereocenters. The zero-order valence-electron chi connectivity index (χ0n) is 12.0. The molecule has 0 radical (unpaired) electrons. The van der Waals surface area contributed by atoms with E-state index in [2.05, 4.69) is 11.1 Å². The maximum atomic E-state index is 12.0. The fourth-order valence-electron chi connectivity index (χ4n) is 1.93. The minimum atomic E-state index is 0.0414. The van der Waals surface area contributed by atoms with E-state index in [0.29, 0.717) is 24.5 Å². The summed E-state index contributed by atoms with van der Waals surface area (Å²) in [5, 5.41) is 9.17. The van der Waals surface area contributed by atoms with E-state index in [1.165, 1.54) is 0 Å². The van der Waals surface area contributed by atoms with E-state index in [1.807, 2.05) is 20.8 Å². The van der Waals surface area contributed by atoms with E-state index in [0.717, 1.165) is 5.56 Å². The van der Waals surface area contributed by atoms with Gasteiger partial charge in [0.1, 0.15) is 11.9 Å². The van der Waals surface area contributed by atoms with E-state index in [9.17, 15) is 10.1 Å². The largest absolute Gasteiger partial charge is 0.349 e. The van der Waals surface area contributed by atoms with Crippen LogP contribution in [0, 0.1) is 18.3 Å². The van der Waals surface area contributed by atoms with Crippen molar-refractivity contribution < 1.29 is 4.79 Å². The van der Waals surface area contributed by atoms with Crippen LogP contribution in [0.4, 0.5) is 5.82 Å². The second-order valence-corrected chi connectivity index (χ2v) is 4.36. The van der Waals surface area contributed by atoms with Crippen LogP contribution < -0.4 is 4.90 Å². The van der Waals surface area contributed by atoms with Crippen molar-refractivity contribution >= 4 is 11.7 Å². The monoisotopic (exact) mass is 260 g/mol. The molecule has 0 bridgehead atoms. The first kappa shape index (κ1) is 15.0.